The smallest absolute Gasteiger partial charge is 0.200 e. The molecular formula is C9H14N6. The first-order chi connectivity index (χ1) is 7.24. The first kappa shape index (κ1) is 9.57. The summed E-state index contributed by atoms with van der Waals surface area (Å²) in [5.41, 5.74) is 6.63. The second-order valence-corrected chi connectivity index (χ2v) is 3.32. The van der Waals surface area contributed by atoms with Crippen LogP contribution in [-0.4, -0.2) is 23.1 Å². The summed E-state index contributed by atoms with van der Waals surface area (Å²) in [6.07, 6.45) is 1.84. The highest BCUT2D eigenvalue weighted by atomic mass is 15.3. The van der Waals surface area contributed by atoms with E-state index in [-0.39, 0.29) is 6.17 Å². The molecule has 15 heavy (non-hydrogen) atoms. The van der Waals surface area contributed by atoms with Crippen LogP contribution in [0.2, 0.25) is 0 Å². The van der Waals surface area contributed by atoms with Gasteiger partial charge in [0.1, 0.15) is 6.17 Å². The van der Waals surface area contributed by atoms with E-state index in [0.29, 0.717) is 18.5 Å². The summed E-state index contributed by atoms with van der Waals surface area (Å²) in [6.45, 7) is 2.50. The maximum absolute atomic E-state index is 5.57. The van der Waals surface area contributed by atoms with Gasteiger partial charge in [0.05, 0.1) is 6.54 Å². The van der Waals surface area contributed by atoms with Crippen LogP contribution in [0.5, 0.6) is 0 Å². The molecule has 5 N–H and O–H groups in total. The highest BCUT2D eigenvalue weighted by molar-refractivity contribution is 5.99. The molecule has 0 bridgehead atoms. The minimum atomic E-state index is -0.0337. The number of hydrogen-bond donors (Lipinski definition) is 4. The van der Waals surface area contributed by atoms with Crippen molar-refractivity contribution in [3.8, 4) is 0 Å². The van der Waals surface area contributed by atoms with Crippen LogP contribution < -0.4 is 16.4 Å². The minimum Gasteiger partial charge on any atom is -0.370 e. The Balaban J connectivity index is 2.00. The Labute approximate surface area is 87.7 Å². The SMILES string of the molecule is CC1N=C(N)NC(=NCc2ccc[nH]2)N1. The average molecular weight is 206 g/mol. The van der Waals surface area contributed by atoms with Crippen LogP contribution in [0.1, 0.15) is 12.6 Å². The molecule has 0 radical (unpaired) electrons. The van der Waals surface area contributed by atoms with Gasteiger partial charge in [-0.25, -0.2) is 9.98 Å². The van der Waals surface area contributed by atoms with Crippen LogP contribution >= 0.6 is 0 Å². The quantitative estimate of drug-likeness (QED) is 0.536. The van der Waals surface area contributed by atoms with Crippen LogP contribution in [0.15, 0.2) is 28.3 Å². The van der Waals surface area contributed by atoms with Crippen molar-refractivity contribution in [2.75, 3.05) is 0 Å². The number of rotatable bonds is 2. The van der Waals surface area contributed by atoms with Gasteiger partial charge in [-0.2, -0.15) is 0 Å². The van der Waals surface area contributed by atoms with Crippen molar-refractivity contribution < 1.29 is 0 Å². The number of aliphatic imine (C=N–C) groups is 2. The van der Waals surface area contributed by atoms with E-state index >= 15 is 0 Å². The van der Waals surface area contributed by atoms with Gasteiger partial charge in [-0.3, -0.25) is 5.32 Å². The van der Waals surface area contributed by atoms with E-state index in [4.69, 9.17) is 5.73 Å². The van der Waals surface area contributed by atoms with E-state index < -0.39 is 0 Å². The second kappa shape index (κ2) is 4.04. The van der Waals surface area contributed by atoms with Gasteiger partial charge >= 0.3 is 0 Å². The van der Waals surface area contributed by atoms with Gasteiger partial charge in [0.2, 0.25) is 0 Å². The highest BCUT2D eigenvalue weighted by Crippen LogP contribution is 1.97. The molecule has 1 aliphatic rings. The molecule has 0 amide bonds. The van der Waals surface area contributed by atoms with Gasteiger partial charge in [-0.15, -0.1) is 0 Å². The normalized spacial score (nSPS) is 23.1. The molecule has 0 saturated heterocycles. The predicted molar refractivity (Wildman–Crippen MR) is 59.3 cm³/mol. The standard InChI is InChI=1S/C9H14N6/c1-6-13-8(10)15-9(14-6)12-5-7-3-2-4-11-7/h2-4,6,11H,5H2,1H3,(H4,10,12,13,14,15). The van der Waals surface area contributed by atoms with Crippen LogP contribution in [-0.2, 0) is 6.54 Å². The van der Waals surface area contributed by atoms with Gasteiger partial charge in [-0.1, -0.05) is 0 Å². The molecular weight excluding hydrogens is 192 g/mol. The molecule has 6 nitrogen and oxygen atoms in total. The number of nitrogens with zero attached hydrogens (tertiary/aromatic N) is 2. The van der Waals surface area contributed by atoms with Crippen molar-refractivity contribution in [2.45, 2.75) is 19.6 Å². The molecule has 2 heterocycles. The molecule has 0 fully saturated rings. The fourth-order valence-corrected chi connectivity index (χ4v) is 1.34. The Bertz CT molecular complexity index is 377. The number of nitrogens with one attached hydrogen (secondary N) is 3. The Morgan fingerprint density at radius 2 is 2.47 bits per heavy atom. The third kappa shape index (κ3) is 2.49. The fraction of sp³-hybridized carbons (Fsp3) is 0.333. The fourth-order valence-electron chi connectivity index (χ4n) is 1.34. The van der Waals surface area contributed by atoms with Gasteiger partial charge < -0.3 is 16.0 Å². The molecule has 1 atom stereocenters. The van der Waals surface area contributed by atoms with E-state index in [1.165, 1.54) is 0 Å². The zero-order chi connectivity index (χ0) is 10.7. The van der Waals surface area contributed by atoms with Gasteiger partial charge in [0.25, 0.3) is 0 Å². The zero-order valence-corrected chi connectivity index (χ0v) is 8.49. The lowest BCUT2D eigenvalue weighted by atomic mass is 10.4. The number of guanidine groups is 2. The summed E-state index contributed by atoms with van der Waals surface area (Å²) in [4.78, 5) is 11.5. The topological polar surface area (TPSA) is 90.6 Å². The first-order valence-electron chi connectivity index (χ1n) is 4.77. The van der Waals surface area contributed by atoms with Crippen molar-refractivity contribution >= 4 is 11.9 Å². The Morgan fingerprint density at radius 1 is 1.60 bits per heavy atom. The monoisotopic (exact) mass is 206 g/mol. The van der Waals surface area contributed by atoms with Gasteiger partial charge in [0, 0.05) is 11.9 Å². The number of hydrogen-bond acceptors (Lipinski definition) is 3. The predicted octanol–water partition coefficient (Wildman–Crippen LogP) is -0.276. The van der Waals surface area contributed by atoms with Crippen molar-refractivity contribution in [2.24, 2.45) is 15.7 Å². The highest BCUT2D eigenvalue weighted by Gasteiger charge is 2.11. The van der Waals surface area contributed by atoms with E-state index in [2.05, 4.69) is 25.6 Å². The van der Waals surface area contributed by atoms with Crippen molar-refractivity contribution in [3.05, 3.63) is 24.0 Å². The Morgan fingerprint density at radius 3 is 3.13 bits per heavy atom. The molecule has 1 aromatic heterocycles. The van der Waals surface area contributed by atoms with Crippen LogP contribution in [0.4, 0.5) is 0 Å². The molecule has 0 spiro atoms. The van der Waals surface area contributed by atoms with Crippen LogP contribution in [0.25, 0.3) is 0 Å². The molecule has 1 aromatic rings. The lowest BCUT2D eigenvalue weighted by Gasteiger charge is -2.20. The van der Waals surface area contributed by atoms with Gasteiger partial charge in [0.15, 0.2) is 11.9 Å². The summed E-state index contributed by atoms with van der Waals surface area (Å²) in [7, 11) is 0. The number of nitrogens with two attached hydrogens (primary N) is 1. The van der Waals surface area contributed by atoms with Crippen LogP contribution in [0.3, 0.4) is 0 Å². The summed E-state index contributed by atoms with van der Waals surface area (Å²) in [6, 6.07) is 3.92. The van der Waals surface area contributed by atoms with Crippen molar-refractivity contribution in [1.29, 1.82) is 0 Å². The van der Waals surface area contributed by atoms with Gasteiger partial charge in [-0.05, 0) is 19.1 Å². The molecule has 6 heteroatoms. The molecule has 80 valence electrons. The van der Waals surface area contributed by atoms with E-state index in [1.54, 1.807) is 0 Å². The Hall–Kier alpha value is -1.98. The second-order valence-electron chi connectivity index (χ2n) is 3.32. The maximum Gasteiger partial charge on any atom is 0.200 e. The lowest BCUT2D eigenvalue weighted by molar-refractivity contribution is 0.663. The molecule has 0 saturated carbocycles. The summed E-state index contributed by atoms with van der Waals surface area (Å²) >= 11 is 0. The molecule has 0 aliphatic carbocycles. The average Bonchev–Trinajstić information content (AvgIpc) is 2.65. The zero-order valence-electron chi connectivity index (χ0n) is 8.49. The van der Waals surface area contributed by atoms with E-state index in [0.717, 1.165) is 5.69 Å². The number of aromatic nitrogens is 1. The largest absolute Gasteiger partial charge is 0.370 e. The Kier molecular flexibility index (Phi) is 2.57. The maximum atomic E-state index is 5.57. The summed E-state index contributed by atoms with van der Waals surface area (Å²) in [5.74, 6) is 1.05. The number of aromatic amines is 1. The lowest BCUT2D eigenvalue weighted by Crippen LogP contribution is -2.52. The minimum absolute atomic E-state index is 0.0337. The molecule has 0 aromatic carbocycles. The van der Waals surface area contributed by atoms with E-state index in [9.17, 15) is 0 Å². The first-order valence-corrected chi connectivity index (χ1v) is 4.77. The number of H-pyrrole nitrogens is 1. The molecule has 2 rings (SSSR count). The van der Waals surface area contributed by atoms with E-state index in [1.807, 2.05) is 25.3 Å². The molecule has 1 unspecified atom stereocenters. The summed E-state index contributed by atoms with van der Waals surface area (Å²) < 4.78 is 0. The van der Waals surface area contributed by atoms with Crippen molar-refractivity contribution in [1.82, 2.24) is 15.6 Å². The third-order valence-electron chi connectivity index (χ3n) is 1.99. The third-order valence-corrected chi connectivity index (χ3v) is 1.99. The van der Waals surface area contributed by atoms with Crippen molar-refractivity contribution in [3.63, 3.8) is 0 Å². The van der Waals surface area contributed by atoms with Crippen LogP contribution in [0, 0.1) is 0 Å². The molecule has 1 aliphatic heterocycles. The summed E-state index contributed by atoms with van der Waals surface area (Å²) in [5, 5.41) is 5.93.